The normalized spacial score (nSPS) is 12.8. The van der Waals surface area contributed by atoms with Gasteiger partial charge in [0.25, 0.3) is 0 Å². The third-order valence-electron chi connectivity index (χ3n) is 1.95. The SMILES string of the molecule is CCC(C(=O)O)c1cc(Br)nn1C. The Hall–Kier alpha value is -0.840. The standard InChI is InChI=1S/C8H11BrN2O2/c1-3-5(8(12)13)6-4-7(9)10-11(6)2/h4-5H,3H2,1-2H3,(H,12,13). The average Bonchev–Trinajstić information content (AvgIpc) is 2.31. The van der Waals surface area contributed by atoms with Gasteiger partial charge in [0.1, 0.15) is 4.60 Å². The van der Waals surface area contributed by atoms with Gasteiger partial charge in [-0.3, -0.25) is 9.48 Å². The maximum Gasteiger partial charge on any atom is 0.312 e. The second-order valence-corrected chi connectivity index (χ2v) is 3.63. The Morgan fingerprint density at radius 3 is 2.77 bits per heavy atom. The number of hydrogen-bond donors (Lipinski definition) is 1. The van der Waals surface area contributed by atoms with Crippen molar-refractivity contribution in [1.29, 1.82) is 0 Å². The minimum absolute atomic E-state index is 0.469. The number of hydrogen-bond acceptors (Lipinski definition) is 2. The highest BCUT2D eigenvalue weighted by atomic mass is 79.9. The highest BCUT2D eigenvalue weighted by Crippen LogP contribution is 2.22. The fourth-order valence-electron chi connectivity index (χ4n) is 1.28. The number of halogens is 1. The van der Waals surface area contributed by atoms with E-state index in [9.17, 15) is 4.79 Å². The molecule has 0 aliphatic heterocycles. The molecule has 1 heterocycles. The minimum Gasteiger partial charge on any atom is -0.481 e. The summed E-state index contributed by atoms with van der Waals surface area (Å²) in [6, 6.07) is 1.74. The summed E-state index contributed by atoms with van der Waals surface area (Å²) in [5.74, 6) is -1.28. The van der Waals surface area contributed by atoms with Crippen molar-refractivity contribution >= 4 is 21.9 Å². The molecule has 0 saturated carbocycles. The van der Waals surface area contributed by atoms with Crippen LogP contribution < -0.4 is 0 Å². The fraction of sp³-hybridized carbons (Fsp3) is 0.500. The molecule has 0 spiro atoms. The lowest BCUT2D eigenvalue weighted by Gasteiger charge is -2.08. The molecule has 0 radical (unpaired) electrons. The lowest BCUT2D eigenvalue weighted by atomic mass is 10.0. The second kappa shape index (κ2) is 3.91. The van der Waals surface area contributed by atoms with Gasteiger partial charge < -0.3 is 5.11 Å². The summed E-state index contributed by atoms with van der Waals surface area (Å²) in [5.41, 5.74) is 0.724. The van der Waals surface area contributed by atoms with E-state index in [4.69, 9.17) is 5.11 Å². The van der Waals surface area contributed by atoms with Crippen molar-refractivity contribution in [2.45, 2.75) is 19.3 Å². The van der Waals surface area contributed by atoms with Crippen LogP contribution in [0.15, 0.2) is 10.7 Å². The van der Waals surface area contributed by atoms with Gasteiger partial charge in [0, 0.05) is 7.05 Å². The number of nitrogens with zero attached hydrogens (tertiary/aromatic N) is 2. The van der Waals surface area contributed by atoms with E-state index in [0.29, 0.717) is 11.0 Å². The van der Waals surface area contributed by atoms with Crippen LogP contribution >= 0.6 is 15.9 Å². The zero-order valence-corrected chi connectivity index (χ0v) is 9.08. The summed E-state index contributed by atoms with van der Waals surface area (Å²) in [5, 5.41) is 12.9. The van der Waals surface area contributed by atoms with Crippen molar-refractivity contribution < 1.29 is 9.90 Å². The Balaban J connectivity index is 3.04. The first-order valence-electron chi connectivity index (χ1n) is 3.98. The number of carbonyl (C=O) groups is 1. The topological polar surface area (TPSA) is 55.1 Å². The van der Waals surface area contributed by atoms with E-state index in [-0.39, 0.29) is 0 Å². The summed E-state index contributed by atoms with van der Waals surface area (Å²) in [6.45, 7) is 1.85. The van der Waals surface area contributed by atoms with Crippen LogP contribution in [0, 0.1) is 0 Å². The van der Waals surface area contributed by atoms with Crippen molar-refractivity contribution in [2.75, 3.05) is 0 Å². The zero-order valence-electron chi connectivity index (χ0n) is 7.49. The molecule has 0 fully saturated rings. The number of carboxylic acids is 1. The molecule has 1 aromatic rings. The quantitative estimate of drug-likeness (QED) is 0.885. The highest BCUT2D eigenvalue weighted by Gasteiger charge is 2.21. The molecule has 0 amide bonds. The Kier molecular flexibility index (Phi) is 3.08. The van der Waals surface area contributed by atoms with Crippen LogP contribution in [0.4, 0.5) is 0 Å². The first-order chi connectivity index (χ1) is 6.06. The van der Waals surface area contributed by atoms with Gasteiger partial charge >= 0.3 is 5.97 Å². The molecule has 0 aliphatic rings. The molecular formula is C8H11BrN2O2. The van der Waals surface area contributed by atoms with E-state index in [0.717, 1.165) is 5.69 Å². The molecule has 72 valence electrons. The number of carboxylic acid groups (broad SMARTS) is 1. The Morgan fingerprint density at radius 1 is 1.85 bits per heavy atom. The van der Waals surface area contributed by atoms with E-state index in [1.165, 1.54) is 0 Å². The van der Waals surface area contributed by atoms with Crippen molar-refractivity contribution in [3.05, 3.63) is 16.4 Å². The molecule has 0 bridgehead atoms. The molecule has 5 heteroatoms. The van der Waals surface area contributed by atoms with E-state index >= 15 is 0 Å². The predicted molar refractivity (Wildman–Crippen MR) is 51.6 cm³/mol. The molecule has 0 aliphatic carbocycles. The molecule has 1 N–H and O–H groups in total. The molecule has 0 saturated heterocycles. The molecule has 13 heavy (non-hydrogen) atoms. The van der Waals surface area contributed by atoms with Crippen LogP contribution in [-0.4, -0.2) is 20.9 Å². The first kappa shape index (κ1) is 10.2. The van der Waals surface area contributed by atoms with Crippen molar-refractivity contribution in [3.8, 4) is 0 Å². The maximum atomic E-state index is 10.8. The van der Waals surface area contributed by atoms with Crippen molar-refractivity contribution in [3.63, 3.8) is 0 Å². The Morgan fingerprint density at radius 2 is 2.46 bits per heavy atom. The van der Waals surface area contributed by atoms with Crippen LogP contribution in [0.1, 0.15) is 25.0 Å². The van der Waals surface area contributed by atoms with Crippen LogP contribution in [-0.2, 0) is 11.8 Å². The minimum atomic E-state index is -0.807. The zero-order chi connectivity index (χ0) is 10.0. The summed E-state index contributed by atoms with van der Waals surface area (Å²) < 4.78 is 2.26. The maximum absolute atomic E-state index is 10.8. The summed E-state index contributed by atoms with van der Waals surface area (Å²) in [4.78, 5) is 10.8. The first-order valence-corrected chi connectivity index (χ1v) is 4.77. The second-order valence-electron chi connectivity index (χ2n) is 2.81. The van der Waals surface area contributed by atoms with Gasteiger partial charge in [-0.15, -0.1) is 0 Å². The molecule has 1 aromatic heterocycles. The summed E-state index contributed by atoms with van der Waals surface area (Å²) in [7, 11) is 1.74. The average molecular weight is 247 g/mol. The van der Waals surface area contributed by atoms with Gasteiger partial charge in [-0.05, 0) is 28.4 Å². The van der Waals surface area contributed by atoms with Crippen molar-refractivity contribution in [1.82, 2.24) is 9.78 Å². The van der Waals surface area contributed by atoms with Gasteiger partial charge in [-0.2, -0.15) is 5.10 Å². The summed E-state index contributed by atoms with van der Waals surface area (Å²) in [6.07, 6.45) is 0.571. The number of aliphatic carboxylic acids is 1. The van der Waals surface area contributed by atoms with Gasteiger partial charge in [-0.1, -0.05) is 6.92 Å². The number of rotatable bonds is 3. The molecule has 0 aromatic carbocycles. The van der Waals surface area contributed by atoms with E-state index in [1.54, 1.807) is 17.8 Å². The highest BCUT2D eigenvalue weighted by molar-refractivity contribution is 9.10. The number of aryl methyl sites for hydroxylation is 1. The third-order valence-corrected chi connectivity index (χ3v) is 2.34. The van der Waals surface area contributed by atoms with Crippen LogP contribution in [0.5, 0.6) is 0 Å². The fourth-order valence-corrected chi connectivity index (χ4v) is 1.75. The van der Waals surface area contributed by atoms with Gasteiger partial charge in [0.05, 0.1) is 11.6 Å². The molecule has 1 unspecified atom stereocenters. The molecular weight excluding hydrogens is 236 g/mol. The molecule has 1 rings (SSSR count). The van der Waals surface area contributed by atoms with Crippen LogP contribution in [0.25, 0.3) is 0 Å². The largest absolute Gasteiger partial charge is 0.481 e. The lowest BCUT2D eigenvalue weighted by molar-refractivity contribution is -0.139. The number of aromatic nitrogens is 2. The summed E-state index contributed by atoms with van der Waals surface area (Å²) >= 11 is 3.20. The van der Waals surface area contributed by atoms with E-state index in [1.807, 2.05) is 6.92 Å². The molecule has 4 nitrogen and oxygen atoms in total. The van der Waals surface area contributed by atoms with Crippen molar-refractivity contribution in [2.24, 2.45) is 7.05 Å². The smallest absolute Gasteiger partial charge is 0.312 e. The van der Waals surface area contributed by atoms with Gasteiger partial charge in [-0.25, -0.2) is 0 Å². The lowest BCUT2D eigenvalue weighted by Crippen LogP contribution is -2.14. The van der Waals surface area contributed by atoms with Crippen LogP contribution in [0.3, 0.4) is 0 Å². The predicted octanol–water partition coefficient (Wildman–Crippen LogP) is 1.76. The van der Waals surface area contributed by atoms with E-state index in [2.05, 4.69) is 21.0 Å². The van der Waals surface area contributed by atoms with Gasteiger partial charge in [0.15, 0.2) is 0 Å². The molecule has 1 atom stereocenters. The van der Waals surface area contributed by atoms with Crippen LogP contribution in [0.2, 0.25) is 0 Å². The Bertz CT molecular complexity index is 322. The monoisotopic (exact) mass is 246 g/mol. The van der Waals surface area contributed by atoms with Gasteiger partial charge in [0.2, 0.25) is 0 Å². The van der Waals surface area contributed by atoms with E-state index < -0.39 is 11.9 Å². The third kappa shape index (κ3) is 2.09. The Labute approximate surface area is 84.7 Å².